The van der Waals surface area contributed by atoms with Gasteiger partial charge in [0.25, 0.3) is 0 Å². The van der Waals surface area contributed by atoms with Crippen molar-refractivity contribution in [3.63, 3.8) is 0 Å². The number of pyridine rings is 1. The molecular weight excluding hydrogens is 389 g/mol. The molecule has 0 saturated heterocycles. The molecule has 1 aliphatic rings. The number of halogens is 4. The molecule has 0 aromatic carbocycles. The summed E-state index contributed by atoms with van der Waals surface area (Å²) in [6.45, 7) is 6.43. The average Bonchev–Trinajstić information content (AvgIpc) is 2.82. The minimum atomic E-state index is -4.58. The van der Waals surface area contributed by atoms with E-state index in [0.29, 0.717) is 24.2 Å². The van der Waals surface area contributed by atoms with Crippen LogP contribution in [0.2, 0.25) is 5.15 Å². The molecule has 0 amide bonds. The van der Waals surface area contributed by atoms with Crippen LogP contribution in [0.1, 0.15) is 42.8 Å². The predicted octanol–water partition coefficient (Wildman–Crippen LogP) is 4.65. The Hall–Kier alpha value is -1.74. The number of ether oxygens (including phenoxy) is 1. The Morgan fingerprint density at radius 2 is 2.04 bits per heavy atom. The largest absolute Gasteiger partial charge is 0.489 e. The van der Waals surface area contributed by atoms with Crippen LogP contribution in [0.5, 0.6) is 5.75 Å². The molecule has 5 nitrogen and oxygen atoms in total. The smallest absolute Gasteiger partial charge is 0.421 e. The van der Waals surface area contributed by atoms with E-state index < -0.39 is 17.6 Å². The minimum Gasteiger partial charge on any atom is -0.489 e. The second-order valence-electron chi connectivity index (χ2n) is 6.60. The van der Waals surface area contributed by atoms with Crippen molar-refractivity contribution in [3.8, 4) is 5.75 Å². The fraction of sp³-hybridized carbons (Fsp3) is 0.438. The summed E-state index contributed by atoms with van der Waals surface area (Å²) in [5, 5.41) is 0.158. The minimum absolute atomic E-state index is 0.136. The average molecular weight is 405 g/mol. The lowest BCUT2D eigenvalue weighted by molar-refractivity contribution is -0.137. The highest BCUT2D eigenvalue weighted by Gasteiger charge is 2.36. The van der Waals surface area contributed by atoms with Crippen LogP contribution >= 0.6 is 23.4 Å². The number of hydrogen-bond acceptors (Lipinski definition) is 6. The summed E-state index contributed by atoms with van der Waals surface area (Å²) < 4.78 is 43.9. The fourth-order valence-electron chi connectivity index (χ4n) is 2.57. The Bertz CT molecular complexity index is 860. The molecule has 3 rings (SSSR count). The molecule has 3 heterocycles. The van der Waals surface area contributed by atoms with Gasteiger partial charge in [-0.25, -0.2) is 15.0 Å². The van der Waals surface area contributed by atoms with Gasteiger partial charge in [-0.2, -0.15) is 13.2 Å². The molecule has 140 valence electrons. The van der Waals surface area contributed by atoms with Crippen molar-refractivity contribution < 1.29 is 17.9 Å². The van der Waals surface area contributed by atoms with Crippen LogP contribution in [0, 0.1) is 0 Å². The van der Waals surface area contributed by atoms with Gasteiger partial charge in [0.15, 0.2) is 16.1 Å². The number of rotatable bonds is 3. The summed E-state index contributed by atoms with van der Waals surface area (Å²) >= 11 is 7.38. The van der Waals surface area contributed by atoms with Gasteiger partial charge in [-0.05, 0) is 13.0 Å². The highest BCUT2D eigenvalue weighted by molar-refractivity contribution is 7.99. The Kier molecular flexibility index (Phi) is 4.72. The van der Waals surface area contributed by atoms with Crippen LogP contribution < -0.4 is 10.5 Å². The van der Waals surface area contributed by atoms with Crippen LogP contribution in [-0.4, -0.2) is 21.6 Å². The highest BCUT2D eigenvalue weighted by atomic mass is 35.5. The number of aromatic nitrogens is 3. The number of alkyl halides is 3. The summed E-state index contributed by atoms with van der Waals surface area (Å²) in [5.74, 6) is -0.0238. The maximum atomic E-state index is 12.7. The van der Waals surface area contributed by atoms with E-state index in [2.05, 4.69) is 15.0 Å². The van der Waals surface area contributed by atoms with Gasteiger partial charge in [0.1, 0.15) is 11.4 Å². The van der Waals surface area contributed by atoms with E-state index in [0.717, 1.165) is 17.3 Å². The van der Waals surface area contributed by atoms with Crippen molar-refractivity contribution in [2.75, 3.05) is 12.3 Å². The third-order valence-electron chi connectivity index (χ3n) is 4.06. The van der Waals surface area contributed by atoms with Crippen LogP contribution in [0.25, 0.3) is 0 Å². The van der Waals surface area contributed by atoms with E-state index in [1.54, 1.807) is 0 Å². The van der Waals surface area contributed by atoms with Gasteiger partial charge < -0.3 is 10.5 Å². The molecule has 26 heavy (non-hydrogen) atoms. The molecule has 0 aliphatic carbocycles. The highest BCUT2D eigenvalue weighted by Crippen LogP contribution is 2.45. The topological polar surface area (TPSA) is 73.9 Å². The van der Waals surface area contributed by atoms with Crippen LogP contribution in [0.15, 0.2) is 17.4 Å². The zero-order valence-corrected chi connectivity index (χ0v) is 15.8. The Morgan fingerprint density at radius 3 is 2.65 bits per heavy atom. The summed E-state index contributed by atoms with van der Waals surface area (Å²) in [7, 11) is 0. The van der Waals surface area contributed by atoms with Crippen molar-refractivity contribution in [3.05, 3.63) is 34.2 Å². The Labute approximate surface area is 157 Å². The van der Waals surface area contributed by atoms with E-state index in [9.17, 15) is 13.2 Å². The van der Waals surface area contributed by atoms with Crippen LogP contribution in [-0.2, 0) is 11.6 Å². The third kappa shape index (κ3) is 3.55. The molecule has 1 unspecified atom stereocenters. The zero-order valence-electron chi connectivity index (χ0n) is 14.2. The molecule has 1 atom stereocenters. The number of nitrogens with two attached hydrogens (primary N) is 1. The number of fused-ring (bicyclic) bond motifs is 1. The molecule has 1 aliphatic heterocycles. The number of nitrogen functional groups attached to an aromatic ring is 1. The van der Waals surface area contributed by atoms with Crippen molar-refractivity contribution in [2.45, 2.75) is 42.8 Å². The van der Waals surface area contributed by atoms with E-state index >= 15 is 0 Å². The Balaban J connectivity index is 1.87. The first-order chi connectivity index (χ1) is 12.0. The quantitative estimate of drug-likeness (QED) is 0.456. The van der Waals surface area contributed by atoms with Crippen LogP contribution in [0.3, 0.4) is 0 Å². The van der Waals surface area contributed by atoms with Gasteiger partial charge in [-0.3, -0.25) is 0 Å². The van der Waals surface area contributed by atoms with Crippen molar-refractivity contribution >= 4 is 29.2 Å². The molecule has 0 radical (unpaired) electrons. The SMILES string of the molecule is CC(Sc1ncc(C(F)(F)F)c(N)n1)c1cc2c(c(Cl)n1)OCC2(C)C. The van der Waals surface area contributed by atoms with Gasteiger partial charge in [-0.1, -0.05) is 37.2 Å². The lowest BCUT2D eigenvalue weighted by atomic mass is 9.87. The molecule has 10 heteroatoms. The lowest BCUT2D eigenvalue weighted by Gasteiger charge is -2.17. The fourth-order valence-corrected chi connectivity index (χ4v) is 3.65. The second-order valence-corrected chi connectivity index (χ2v) is 8.26. The number of nitrogens with zero attached hydrogens (tertiary/aromatic N) is 3. The maximum absolute atomic E-state index is 12.7. The summed E-state index contributed by atoms with van der Waals surface area (Å²) in [6.07, 6.45) is -3.89. The number of thioether (sulfide) groups is 1. The molecule has 2 N–H and O–H groups in total. The van der Waals surface area contributed by atoms with Gasteiger partial charge in [-0.15, -0.1) is 0 Å². The number of anilines is 1. The molecule has 0 spiro atoms. The standard InChI is InChI=1S/C16H16ClF3N4OS/c1-7(26-14-22-5-9(13(21)24-14)16(18,19)20)10-4-8-11(12(17)23-10)25-6-15(8,2)3/h4-5,7H,6H2,1-3H3,(H2,21,22,24). The first-order valence-electron chi connectivity index (χ1n) is 7.69. The molecular formula is C16H16ClF3N4OS. The van der Waals surface area contributed by atoms with Gasteiger partial charge in [0.2, 0.25) is 0 Å². The summed E-state index contributed by atoms with van der Waals surface area (Å²) in [5.41, 5.74) is 5.79. The predicted molar refractivity (Wildman–Crippen MR) is 93.5 cm³/mol. The van der Waals surface area contributed by atoms with E-state index in [4.69, 9.17) is 22.1 Å². The third-order valence-corrected chi connectivity index (χ3v) is 5.32. The first kappa shape index (κ1) is 19.0. The first-order valence-corrected chi connectivity index (χ1v) is 8.95. The zero-order chi connectivity index (χ0) is 19.3. The maximum Gasteiger partial charge on any atom is 0.421 e. The Morgan fingerprint density at radius 1 is 1.35 bits per heavy atom. The number of hydrogen-bond donors (Lipinski definition) is 1. The van der Waals surface area contributed by atoms with Crippen molar-refractivity contribution in [1.29, 1.82) is 0 Å². The molecule has 2 aromatic rings. The normalized spacial score (nSPS) is 16.9. The van der Waals surface area contributed by atoms with E-state index in [-0.39, 0.29) is 21.0 Å². The summed E-state index contributed by atoms with van der Waals surface area (Å²) in [4.78, 5) is 11.9. The molecule has 0 bridgehead atoms. The van der Waals surface area contributed by atoms with E-state index in [1.165, 1.54) is 0 Å². The monoisotopic (exact) mass is 404 g/mol. The van der Waals surface area contributed by atoms with Gasteiger partial charge >= 0.3 is 6.18 Å². The van der Waals surface area contributed by atoms with Gasteiger partial charge in [0.05, 0.1) is 17.6 Å². The van der Waals surface area contributed by atoms with Crippen molar-refractivity contribution in [2.24, 2.45) is 0 Å². The molecule has 0 saturated carbocycles. The van der Waals surface area contributed by atoms with Crippen LogP contribution in [0.4, 0.5) is 19.0 Å². The molecule has 0 fully saturated rings. The molecule has 2 aromatic heterocycles. The lowest BCUT2D eigenvalue weighted by Crippen LogP contribution is -2.18. The van der Waals surface area contributed by atoms with E-state index in [1.807, 2.05) is 26.8 Å². The van der Waals surface area contributed by atoms with Crippen molar-refractivity contribution in [1.82, 2.24) is 15.0 Å². The van der Waals surface area contributed by atoms with Gasteiger partial charge in [0, 0.05) is 17.2 Å². The summed E-state index contributed by atoms with van der Waals surface area (Å²) in [6, 6.07) is 1.90. The second kappa shape index (κ2) is 6.45.